The number of hydrogen-bond acceptors (Lipinski definition) is 5. The number of rotatable bonds is 3. The van der Waals surface area contributed by atoms with E-state index in [1.165, 1.54) is 0 Å². The fourth-order valence-electron chi connectivity index (χ4n) is 3.12. The van der Waals surface area contributed by atoms with Gasteiger partial charge in [0.2, 0.25) is 0 Å². The average molecular weight is 363 g/mol. The lowest BCUT2D eigenvalue weighted by Crippen LogP contribution is -2.50. The van der Waals surface area contributed by atoms with E-state index in [-0.39, 0.29) is 6.03 Å². The van der Waals surface area contributed by atoms with E-state index >= 15 is 0 Å². The predicted octanol–water partition coefficient (Wildman–Crippen LogP) is 2.32. The molecule has 4 rings (SSSR count). The first-order chi connectivity index (χ1) is 13.2. The molecule has 0 spiro atoms. The number of amides is 2. The summed E-state index contributed by atoms with van der Waals surface area (Å²) in [4.78, 5) is 29.4. The van der Waals surface area contributed by atoms with Gasteiger partial charge in [-0.15, -0.1) is 0 Å². The zero-order valence-electron chi connectivity index (χ0n) is 15.1. The number of para-hydroxylation sites is 1. The van der Waals surface area contributed by atoms with Gasteiger partial charge >= 0.3 is 6.03 Å². The van der Waals surface area contributed by atoms with E-state index in [1.54, 1.807) is 12.5 Å². The van der Waals surface area contributed by atoms with Crippen molar-refractivity contribution in [3.05, 3.63) is 60.9 Å². The number of imidazole rings is 1. The van der Waals surface area contributed by atoms with Crippen molar-refractivity contribution in [2.45, 2.75) is 6.92 Å². The van der Waals surface area contributed by atoms with Crippen LogP contribution in [0.3, 0.4) is 0 Å². The van der Waals surface area contributed by atoms with Gasteiger partial charge in [-0.2, -0.15) is 0 Å². The Labute approximate surface area is 157 Å². The number of urea groups is 1. The molecular formula is C19H21N7O. The van der Waals surface area contributed by atoms with Crippen LogP contribution < -0.4 is 10.2 Å². The summed E-state index contributed by atoms with van der Waals surface area (Å²) in [6.07, 6.45) is 5.20. The number of nitrogens with zero attached hydrogens (tertiary/aromatic N) is 6. The maximum Gasteiger partial charge on any atom is 0.321 e. The Bertz CT molecular complexity index is 917. The van der Waals surface area contributed by atoms with Crippen LogP contribution in [0.5, 0.6) is 0 Å². The van der Waals surface area contributed by atoms with Crippen LogP contribution in [0.4, 0.5) is 16.3 Å². The molecule has 1 fully saturated rings. The molecular weight excluding hydrogens is 342 g/mol. The molecule has 1 N–H and O–H groups in total. The van der Waals surface area contributed by atoms with Gasteiger partial charge in [0, 0.05) is 50.3 Å². The topological polar surface area (TPSA) is 79.2 Å². The van der Waals surface area contributed by atoms with Gasteiger partial charge < -0.3 is 15.1 Å². The molecule has 138 valence electrons. The molecule has 1 saturated heterocycles. The minimum absolute atomic E-state index is 0.0710. The van der Waals surface area contributed by atoms with Crippen LogP contribution in [0.25, 0.3) is 5.82 Å². The molecule has 0 unspecified atom stereocenters. The van der Waals surface area contributed by atoms with Gasteiger partial charge in [0.15, 0.2) is 0 Å². The molecule has 1 aromatic carbocycles. The smallest absolute Gasteiger partial charge is 0.321 e. The summed E-state index contributed by atoms with van der Waals surface area (Å²) >= 11 is 0. The summed E-state index contributed by atoms with van der Waals surface area (Å²) in [7, 11) is 0. The molecule has 1 aliphatic rings. The molecule has 2 amide bonds. The lowest BCUT2D eigenvalue weighted by Gasteiger charge is -2.35. The van der Waals surface area contributed by atoms with Gasteiger partial charge in [0.05, 0.1) is 0 Å². The van der Waals surface area contributed by atoms with Crippen molar-refractivity contribution < 1.29 is 4.79 Å². The fourth-order valence-corrected chi connectivity index (χ4v) is 3.12. The van der Waals surface area contributed by atoms with Gasteiger partial charge in [-0.3, -0.25) is 4.57 Å². The van der Waals surface area contributed by atoms with Crippen LogP contribution in [0.15, 0.2) is 55.1 Å². The standard InChI is InChI=1S/C19H21N7O/c1-15-20-7-8-26(15)18-13-17(21-14-22-18)24-9-11-25(12-10-24)19(27)23-16-5-3-2-4-6-16/h2-8,13-14H,9-12H2,1H3,(H,23,27). The maximum absolute atomic E-state index is 12.4. The zero-order valence-corrected chi connectivity index (χ0v) is 15.1. The summed E-state index contributed by atoms with van der Waals surface area (Å²) in [5.41, 5.74) is 0.807. The number of anilines is 2. The monoisotopic (exact) mass is 363 g/mol. The second-order valence-corrected chi connectivity index (χ2v) is 6.35. The number of nitrogens with one attached hydrogen (secondary N) is 1. The molecule has 0 aliphatic carbocycles. The molecule has 0 atom stereocenters. The van der Waals surface area contributed by atoms with E-state index < -0.39 is 0 Å². The minimum Gasteiger partial charge on any atom is -0.353 e. The second-order valence-electron chi connectivity index (χ2n) is 6.35. The number of piperazine rings is 1. The van der Waals surface area contributed by atoms with E-state index in [0.717, 1.165) is 36.2 Å². The summed E-state index contributed by atoms with van der Waals surface area (Å²) in [6, 6.07) is 11.4. The number of aryl methyl sites for hydroxylation is 1. The normalized spacial score (nSPS) is 14.3. The summed E-state index contributed by atoms with van der Waals surface area (Å²) in [5.74, 6) is 2.53. The van der Waals surface area contributed by atoms with Gasteiger partial charge in [0.25, 0.3) is 0 Å². The highest BCUT2D eigenvalue weighted by molar-refractivity contribution is 5.89. The first-order valence-electron chi connectivity index (χ1n) is 8.89. The van der Waals surface area contributed by atoms with Crippen LogP contribution in [-0.2, 0) is 0 Å². The van der Waals surface area contributed by atoms with Crippen molar-refractivity contribution in [3.63, 3.8) is 0 Å². The third-order valence-electron chi connectivity index (χ3n) is 4.63. The van der Waals surface area contributed by atoms with E-state index in [1.807, 2.05) is 59.0 Å². The largest absolute Gasteiger partial charge is 0.353 e. The van der Waals surface area contributed by atoms with Crippen LogP contribution >= 0.6 is 0 Å². The SMILES string of the molecule is Cc1nccn1-c1cc(N2CCN(C(=O)Nc3ccccc3)CC2)ncn1. The second kappa shape index (κ2) is 7.45. The highest BCUT2D eigenvalue weighted by Gasteiger charge is 2.22. The molecule has 2 aromatic heterocycles. The van der Waals surface area contributed by atoms with Gasteiger partial charge in [0.1, 0.15) is 23.8 Å². The Balaban J connectivity index is 1.39. The lowest BCUT2D eigenvalue weighted by atomic mass is 10.3. The number of carbonyl (C=O) groups excluding carboxylic acids is 1. The Hall–Kier alpha value is -3.42. The van der Waals surface area contributed by atoms with Crippen molar-refractivity contribution in [1.29, 1.82) is 0 Å². The van der Waals surface area contributed by atoms with Crippen LogP contribution in [0, 0.1) is 6.92 Å². The quantitative estimate of drug-likeness (QED) is 0.773. The molecule has 1 aliphatic heterocycles. The van der Waals surface area contributed by atoms with Gasteiger partial charge in [-0.25, -0.2) is 19.7 Å². The molecule has 8 heteroatoms. The van der Waals surface area contributed by atoms with Crippen molar-refractivity contribution in [1.82, 2.24) is 24.4 Å². The highest BCUT2D eigenvalue weighted by atomic mass is 16.2. The summed E-state index contributed by atoms with van der Waals surface area (Å²) in [6.45, 7) is 4.67. The summed E-state index contributed by atoms with van der Waals surface area (Å²) in [5, 5.41) is 2.93. The number of hydrogen-bond donors (Lipinski definition) is 1. The number of benzene rings is 1. The molecule has 0 bridgehead atoms. The molecule has 8 nitrogen and oxygen atoms in total. The molecule has 27 heavy (non-hydrogen) atoms. The van der Waals surface area contributed by atoms with Gasteiger partial charge in [-0.1, -0.05) is 18.2 Å². The van der Waals surface area contributed by atoms with E-state index in [4.69, 9.17) is 0 Å². The van der Waals surface area contributed by atoms with Crippen molar-refractivity contribution in [2.24, 2.45) is 0 Å². The third-order valence-corrected chi connectivity index (χ3v) is 4.63. The highest BCUT2D eigenvalue weighted by Crippen LogP contribution is 2.17. The fraction of sp³-hybridized carbons (Fsp3) is 0.263. The predicted molar refractivity (Wildman–Crippen MR) is 103 cm³/mol. The van der Waals surface area contributed by atoms with E-state index in [2.05, 4.69) is 25.2 Å². The Morgan fingerprint density at radius 1 is 1.00 bits per heavy atom. The Morgan fingerprint density at radius 2 is 1.74 bits per heavy atom. The molecule has 3 aromatic rings. The van der Waals surface area contributed by atoms with Gasteiger partial charge in [-0.05, 0) is 19.1 Å². The van der Waals surface area contributed by atoms with Crippen molar-refractivity contribution in [2.75, 3.05) is 36.4 Å². The van der Waals surface area contributed by atoms with Crippen molar-refractivity contribution in [3.8, 4) is 5.82 Å². The van der Waals surface area contributed by atoms with Crippen molar-refractivity contribution >= 4 is 17.5 Å². The maximum atomic E-state index is 12.4. The zero-order chi connectivity index (χ0) is 18.6. The van der Waals surface area contributed by atoms with Crippen LogP contribution in [0.1, 0.15) is 5.82 Å². The number of aromatic nitrogens is 4. The Kier molecular flexibility index (Phi) is 4.69. The average Bonchev–Trinajstić information content (AvgIpc) is 3.15. The first-order valence-corrected chi connectivity index (χ1v) is 8.89. The third kappa shape index (κ3) is 3.74. The van der Waals surface area contributed by atoms with Crippen LogP contribution in [0.2, 0.25) is 0 Å². The molecule has 3 heterocycles. The molecule has 0 saturated carbocycles. The lowest BCUT2D eigenvalue weighted by molar-refractivity contribution is 0.208. The Morgan fingerprint density at radius 3 is 2.44 bits per heavy atom. The van der Waals surface area contributed by atoms with Crippen LogP contribution in [-0.4, -0.2) is 56.6 Å². The summed E-state index contributed by atoms with van der Waals surface area (Å²) < 4.78 is 1.93. The first kappa shape index (κ1) is 17.0. The molecule has 0 radical (unpaired) electrons. The van der Waals surface area contributed by atoms with E-state index in [9.17, 15) is 4.79 Å². The van der Waals surface area contributed by atoms with E-state index in [0.29, 0.717) is 13.1 Å². The minimum atomic E-state index is -0.0710. The number of carbonyl (C=O) groups is 1.